The molecule has 0 fully saturated rings. The molecule has 1 N–H and O–H groups in total. The number of phenolic OH excluding ortho intramolecular Hbond substituents is 1. The highest BCUT2D eigenvalue weighted by atomic mass is 16.3. The summed E-state index contributed by atoms with van der Waals surface area (Å²) in [6.07, 6.45) is 2.37. The average molecular weight is 192 g/mol. The Labute approximate surface area is 86.8 Å². The van der Waals surface area contributed by atoms with Gasteiger partial charge in [-0.25, -0.2) is 0 Å². The van der Waals surface area contributed by atoms with Crippen molar-refractivity contribution in [1.82, 2.24) is 0 Å². The molecular formula is C13H20O. The Morgan fingerprint density at radius 1 is 1.07 bits per heavy atom. The average Bonchev–Trinajstić information content (AvgIpc) is 2.07. The molecule has 0 bridgehead atoms. The monoisotopic (exact) mass is 192 g/mol. The molecule has 1 aromatic rings. The van der Waals surface area contributed by atoms with Crippen molar-refractivity contribution in [1.29, 1.82) is 0 Å². The van der Waals surface area contributed by atoms with Crippen LogP contribution in [0, 0.1) is 11.8 Å². The summed E-state index contributed by atoms with van der Waals surface area (Å²) in [6, 6.07) is 7.53. The van der Waals surface area contributed by atoms with Crippen molar-refractivity contribution >= 4 is 0 Å². The van der Waals surface area contributed by atoms with Crippen LogP contribution in [0.3, 0.4) is 0 Å². The number of hydrogen-bond acceptors (Lipinski definition) is 1. The molecule has 0 aliphatic carbocycles. The third-order valence-electron chi connectivity index (χ3n) is 2.39. The van der Waals surface area contributed by atoms with Crippen LogP contribution in [0.4, 0.5) is 0 Å². The Hall–Kier alpha value is -0.980. The Balaban J connectivity index is 2.47. The standard InChI is InChI=1S/C13H20O/c1-10(2)8-11(3)9-12-4-6-13(14)7-5-12/h4-7,10-11,14H,8-9H2,1-3H3/t11-/m0/s1. The zero-order valence-corrected chi connectivity index (χ0v) is 9.33. The van der Waals surface area contributed by atoms with Crippen molar-refractivity contribution in [2.45, 2.75) is 33.6 Å². The van der Waals surface area contributed by atoms with Crippen molar-refractivity contribution in [3.8, 4) is 5.75 Å². The molecule has 0 radical (unpaired) electrons. The summed E-state index contributed by atoms with van der Waals surface area (Å²) in [5.41, 5.74) is 1.32. The van der Waals surface area contributed by atoms with Gasteiger partial charge in [0.25, 0.3) is 0 Å². The van der Waals surface area contributed by atoms with Crippen LogP contribution < -0.4 is 0 Å². The van der Waals surface area contributed by atoms with Gasteiger partial charge in [-0.2, -0.15) is 0 Å². The lowest BCUT2D eigenvalue weighted by Crippen LogP contribution is -2.03. The normalized spacial score (nSPS) is 13.1. The minimum Gasteiger partial charge on any atom is -0.508 e. The van der Waals surface area contributed by atoms with Gasteiger partial charge in [0.05, 0.1) is 0 Å². The maximum absolute atomic E-state index is 9.14. The molecule has 0 unspecified atom stereocenters. The third-order valence-corrected chi connectivity index (χ3v) is 2.39. The lowest BCUT2D eigenvalue weighted by Gasteiger charge is -2.13. The van der Waals surface area contributed by atoms with E-state index in [9.17, 15) is 0 Å². The number of hydrogen-bond donors (Lipinski definition) is 1. The van der Waals surface area contributed by atoms with E-state index in [-0.39, 0.29) is 0 Å². The fourth-order valence-corrected chi connectivity index (χ4v) is 1.92. The molecule has 1 heteroatoms. The van der Waals surface area contributed by atoms with E-state index < -0.39 is 0 Å². The van der Waals surface area contributed by atoms with Gasteiger partial charge in [0.1, 0.15) is 5.75 Å². The highest BCUT2D eigenvalue weighted by Crippen LogP contribution is 2.18. The van der Waals surface area contributed by atoms with Crippen LogP contribution in [-0.4, -0.2) is 5.11 Å². The quantitative estimate of drug-likeness (QED) is 0.772. The van der Waals surface area contributed by atoms with Gasteiger partial charge in [-0.05, 0) is 42.4 Å². The summed E-state index contributed by atoms with van der Waals surface area (Å²) >= 11 is 0. The molecule has 78 valence electrons. The molecular weight excluding hydrogens is 172 g/mol. The molecule has 1 atom stereocenters. The minimum absolute atomic E-state index is 0.352. The van der Waals surface area contributed by atoms with Crippen LogP contribution in [-0.2, 0) is 6.42 Å². The number of rotatable bonds is 4. The van der Waals surface area contributed by atoms with Crippen LogP contribution >= 0.6 is 0 Å². The van der Waals surface area contributed by atoms with Crippen molar-refractivity contribution in [2.24, 2.45) is 11.8 Å². The van der Waals surface area contributed by atoms with Crippen molar-refractivity contribution in [3.05, 3.63) is 29.8 Å². The fraction of sp³-hybridized carbons (Fsp3) is 0.538. The van der Waals surface area contributed by atoms with E-state index in [4.69, 9.17) is 5.11 Å². The molecule has 0 heterocycles. The van der Waals surface area contributed by atoms with E-state index >= 15 is 0 Å². The number of aromatic hydroxyl groups is 1. The van der Waals surface area contributed by atoms with Gasteiger partial charge in [-0.3, -0.25) is 0 Å². The lowest BCUT2D eigenvalue weighted by molar-refractivity contribution is 0.436. The Morgan fingerprint density at radius 3 is 2.14 bits per heavy atom. The molecule has 1 rings (SSSR count). The molecule has 0 aromatic heterocycles. The van der Waals surface area contributed by atoms with Crippen LogP contribution in [0.5, 0.6) is 5.75 Å². The summed E-state index contributed by atoms with van der Waals surface area (Å²) in [5, 5.41) is 9.14. The zero-order chi connectivity index (χ0) is 10.6. The van der Waals surface area contributed by atoms with Gasteiger partial charge in [0.2, 0.25) is 0 Å². The highest BCUT2D eigenvalue weighted by molar-refractivity contribution is 5.26. The van der Waals surface area contributed by atoms with Crippen LogP contribution in [0.2, 0.25) is 0 Å². The van der Waals surface area contributed by atoms with Gasteiger partial charge < -0.3 is 5.11 Å². The van der Waals surface area contributed by atoms with E-state index in [0.717, 1.165) is 18.3 Å². The van der Waals surface area contributed by atoms with Gasteiger partial charge in [-0.15, -0.1) is 0 Å². The van der Waals surface area contributed by atoms with Crippen molar-refractivity contribution in [2.75, 3.05) is 0 Å². The first-order valence-electron chi connectivity index (χ1n) is 5.36. The smallest absolute Gasteiger partial charge is 0.115 e. The van der Waals surface area contributed by atoms with Crippen LogP contribution in [0.15, 0.2) is 24.3 Å². The number of benzene rings is 1. The molecule has 0 saturated carbocycles. The third kappa shape index (κ3) is 3.82. The topological polar surface area (TPSA) is 20.2 Å². The second kappa shape index (κ2) is 5.04. The van der Waals surface area contributed by atoms with E-state index in [1.165, 1.54) is 12.0 Å². The SMILES string of the molecule is CC(C)C[C@H](C)Cc1ccc(O)cc1. The molecule has 1 nitrogen and oxygen atoms in total. The maximum Gasteiger partial charge on any atom is 0.115 e. The molecule has 14 heavy (non-hydrogen) atoms. The highest BCUT2D eigenvalue weighted by Gasteiger charge is 2.05. The predicted octanol–water partition coefficient (Wildman–Crippen LogP) is 3.62. The second-order valence-corrected chi connectivity index (χ2v) is 4.61. The van der Waals surface area contributed by atoms with Crippen LogP contribution in [0.25, 0.3) is 0 Å². The first-order valence-corrected chi connectivity index (χ1v) is 5.36. The largest absolute Gasteiger partial charge is 0.508 e. The van der Waals surface area contributed by atoms with Gasteiger partial charge in [-0.1, -0.05) is 32.9 Å². The Bertz CT molecular complexity index is 261. The predicted molar refractivity (Wildman–Crippen MR) is 60.4 cm³/mol. The first-order chi connectivity index (χ1) is 6.58. The summed E-state index contributed by atoms with van der Waals surface area (Å²) in [5.74, 6) is 1.84. The second-order valence-electron chi connectivity index (χ2n) is 4.61. The number of phenols is 1. The first kappa shape index (κ1) is 11.1. The Kier molecular flexibility index (Phi) is 3.99. The zero-order valence-electron chi connectivity index (χ0n) is 9.33. The maximum atomic E-state index is 9.14. The van der Waals surface area contributed by atoms with Gasteiger partial charge in [0.15, 0.2) is 0 Å². The molecule has 0 aliphatic rings. The summed E-state index contributed by atoms with van der Waals surface area (Å²) in [7, 11) is 0. The summed E-state index contributed by atoms with van der Waals surface area (Å²) in [4.78, 5) is 0. The summed E-state index contributed by atoms with van der Waals surface area (Å²) < 4.78 is 0. The Morgan fingerprint density at radius 2 is 1.64 bits per heavy atom. The van der Waals surface area contributed by atoms with Gasteiger partial charge >= 0.3 is 0 Å². The molecule has 0 saturated heterocycles. The lowest BCUT2D eigenvalue weighted by atomic mass is 9.93. The van der Waals surface area contributed by atoms with E-state index in [0.29, 0.717) is 5.75 Å². The summed E-state index contributed by atoms with van der Waals surface area (Å²) in [6.45, 7) is 6.80. The van der Waals surface area contributed by atoms with E-state index in [1.807, 2.05) is 12.1 Å². The molecule has 0 aliphatic heterocycles. The molecule has 1 aromatic carbocycles. The molecule has 0 spiro atoms. The molecule has 0 amide bonds. The van der Waals surface area contributed by atoms with E-state index in [1.54, 1.807) is 12.1 Å². The van der Waals surface area contributed by atoms with E-state index in [2.05, 4.69) is 20.8 Å². The fourth-order valence-electron chi connectivity index (χ4n) is 1.92. The van der Waals surface area contributed by atoms with Gasteiger partial charge in [0, 0.05) is 0 Å². The van der Waals surface area contributed by atoms with Crippen LogP contribution in [0.1, 0.15) is 32.8 Å². The van der Waals surface area contributed by atoms with Crippen molar-refractivity contribution < 1.29 is 5.11 Å². The minimum atomic E-state index is 0.352. The van der Waals surface area contributed by atoms with Crippen molar-refractivity contribution in [3.63, 3.8) is 0 Å².